The molecular formula is C10H18BrN3. The Hall–Kier alpha value is -0.510. The van der Waals surface area contributed by atoms with E-state index in [1.807, 2.05) is 0 Å². The fourth-order valence-corrected chi connectivity index (χ4v) is 1.80. The lowest BCUT2D eigenvalue weighted by Gasteiger charge is -2.23. The lowest BCUT2D eigenvalue weighted by Crippen LogP contribution is -2.41. The van der Waals surface area contributed by atoms with Gasteiger partial charge < -0.3 is 11.1 Å². The average molecular weight is 260 g/mol. The molecule has 1 aliphatic carbocycles. The van der Waals surface area contributed by atoms with Gasteiger partial charge in [0.15, 0.2) is 5.96 Å². The minimum Gasteiger partial charge on any atom is -0.370 e. The van der Waals surface area contributed by atoms with Gasteiger partial charge in [0.2, 0.25) is 0 Å². The molecule has 14 heavy (non-hydrogen) atoms. The summed E-state index contributed by atoms with van der Waals surface area (Å²) >= 11 is 3.24. The molecule has 0 amide bonds. The van der Waals surface area contributed by atoms with Gasteiger partial charge in [-0.15, -0.1) is 0 Å². The topological polar surface area (TPSA) is 50.4 Å². The molecule has 0 aliphatic heterocycles. The van der Waals surface area contributed by atoms with Gasteiger partial charge in [0, 0.05) is 10.5 Å². The Morgan fingerprint density at radius 2 is 2.07 bits per heavy atom. The maximum absolute atomic E-state index is 5.73. The number of hydrogen-bond donors (Lipinski definition) is 2. The van der Waals surface area contributed by atoms with Gasteiger partial charge in [-0.2, -0.15) is 0 Å². The predicted molar refractivity (Wildman–Crippen MR) is 64.6 cm³/mol. The molecule has 0 heterocycles. The first-order valence-electron chi connectivity index (χ1n) is 5.08. The van der Waals surface area contributed by atoms with E-state index in [1.54, 1.807) is 0 Å². The van der Waals surface area contributed by atoms with E-state index < -0.39 is 0 Å². The van der Waals surface area contributed by atoms with Crippen molar-refractivity contribution in [1.82, 2.24) is 5.32 Å². The van der Waals surface area contributed by atoms with Crippen LogP contribution in [0.5, 0.6) is 0 Å². The highest BCUT2D eigenvalue weighted by Gasteiger charge is 2.12. The fraction of sp³-hybridized carbons (Fsp3) is 0.700. The molecule has 4 heteroatoms. The molecule has 0 unspecified atom stereocenters. The van der Waals surface area contributed by atoms with Crippen molar-refractivity contribution in [2.45, 2.75) is 38.1 Å². The van der Waals surface area contributed by atoms with Crippen molar-refractivity contribution >= 4 is 21.9 Å². The first-order chi connectivity index (χ1) is 6.68. The monoisotopic (exact) mass is 259 g/mol. The third-order valence-electron chi connectivity index (χ3n) is 2.38. The minimum absolute atomic E-state index is 0.524. The van der Waals surface area contributed by atoms with Gasteiger partial charge in [0.05, 0.1) is 6.54 Å². The second kappa shape index (κ2) is 6.06. The van der Waals surface area contributed by atoms with E-state index in [0.29, 0.717) is 18.5 Å². The number of guanidine groups is 1. The number of nitrogens with two attached hydrogens (primary N) is 1. The van der Waals surface area contributed by atoms with Crippen LogP contribution in [0.1, 0.15) is 32.1 Å². The maximum Gasteiger partial charge on any atom is 0.189 e. The summed E-state index contributed by atoms with van der Waals surface area (Å²) in [5.74, 6) is 0.539. The SMILES string of the molecule is C=C(Br)CN=C(N)NC1CCCCC1. The average Bonchev–Trinajstić information content (AvgIpc) is 2.16. The van der Waals surface area contributed by atoms with Crippen LogP contribution in [0.2, 0.25) is 0 Å². The van der Waals surface area contributed by atoms with Crippen LogP contribution in [-0.4, -0.2) is 18.5 Å². The number of nitrogens with one attached hydrogen (secondary N) is 1. The van der Waals surface area contributed by atoms with Crippen molar-refractivity contribution < 1.29 is 0 Å². The third kappa shape index (κ3) is 4.65. The van der Waals surface area contributed by atoms with Crippen molar-refractivity contribution in [3.05, 3.63) is 11.1 Å². The highest BCUT2D eigenvalue weighted by atomic mass is 79.9. The van der Waals surface area contributed by atoms with Crippen LogP contribution in [-0.2, 0) is 0 Å². The van der Waals surface area contributed by atoms with E-state index in [4.69, 9.17) is 5.73 Å². The lowest BCUT2D eigenvalue weighted by molar-refractivity contribution is 0.412. The Morgan fingerprint density at radius 1 is 1.43 bits per heavy atom. The number of halogens is 1. The van der Waals surface area contributed by atoms with E-state index in [-0.39, 0.29) is 0 Å². The zero-order valence-corrected chi connectivity index (χ0v) is 10.0. The summed E-state index contributed by atoms with van der Waals surface area (Å²) < 4.78 is 0.853. The highest BCUT2D eigenvalue weighted by molar-refractivity contribution is 9.11. The van der Waals surface area contributed by atoms with E-state index in [9.17, 15) is 0 Å². The van der Waals surface area contributed by atoms with Crippen molar-refractivity contribution in [2.24, 2.45) is 10.7 Å². The molecule has 0 aromatic carbocycles. The zero-order valence-electron chi connectivity index (χ0n) is 8.43. The van der Waals surface area contributed by atoms with Crippen molar-refractivity contribution in [3.8, 4) is 0 Å². The van der Waals surface area contributed by atoms with E-state index in [1.165, 1.54) is 32.1 Å². The summed E-state index contributed by atoms with van der Waals surface area (Å²) in [6.45, 7) is 4.25. The summed E-state index contributed by atoms with van der Waals surface area (Å²) in [5.41, 5.74) is 5.73. The number of nitrogens with zero attached hydrogens (tertiary/aromatic N) is 1. The van der Waals surface area contributed by atoms with Crippen molar-refractivity contribution in [3.63, 3.8) is 0 Å². The van der Waals surface area contributed by atoms with Crippen molar-refractivity contribution in [1.29, 1.82) is 0 Å². The first kappa shape index (κ1) is 11.6. The highest BCUT2D eigenvalue weighted by Crippen LogP contribution is 2.16. The standard InChI is InChI=1S/C10H18BrN3/c1-8(11)7-13-10(12)14-9-5-3-2-4-6-9/h9H,1-7H2,(H3,12,13,14). The quantitative estimate of drug-likeness (QED) is 0.603. The number of hydrogen-bond acceptors (Lipinski definition) is 1. The van der Waals surface area contributed by atoms with Gasteiger partial charge in [-0.3, -0.25) is 0 Å². The van der Waals surface area contributed by atoms with Crippen LogP contribution in [0.15, 0.2) is 16.1 Å². The summed E-state index contributed by atoms with van der Waals surface area (Å²) in [5, 5.41) is 3.24. The van der Waals surface area contributed by atoms with Gasteiger partial charge in [-0.1, -0.05) is 41.8 Å². The van der Waals surface area contributed by atoms with Crippen molar-refractivity contribution in [2.75, 3.05) is 6.54 Å². The lowest BCUT2D eigenvalue weighted by atomic mass is 9.96. The molecule has 0 aromatic rings. The minimum atomic E-state index is 0.524. The number of aliphatic imine (C=N–C) groups is 1. The summed E-state index contributed by atoms with van der Waals surface area (Å²) in [6, 6.07) is 0.524. The summed E-state index contributed by atoms with van der Waals surface area (Å²) in [7, 11) is 0. The molecule has 3 nitrogen and oxygen atoms in total. The second-order valence-corrected chi connectivity index (χ2v) is 4.82. The molecule has 0 atom stereocenters. The Kier molecular flexibility index (Phi) is 5.01. The molecule has 1 aliphatic rings. The van der Waals surface area contributed by atoms with E-state index in [2.05, 4.69) is 32.8 Å². The molecule has 1 saturated carbocycles. The fourth-order valence-electron chi connectivity index (χ4n) is 1.67. The van der Waals surface area contributed by atoms with Crippen LogP contribution >= 0.6 is 15.9 Å². The van der Waals surface area contributed by atoms with Crippen LogP contribution in [0.3, 0.4) is 0 Å². The Balaban J connectivity index is 2.27. The second-order valence-electron chi connectivity index (χ2n) is 3.70. The van der Waals surface area contributed by atoms with Crippen LogP contribution in [0, 0.1) is 0 Å². The van der Waals surface area contributed by atoms with Gasteiger partial charge in [0.1, 0.15) is 0 Å². The molecule has 0 radical (unpaired) electrons. The maximum atomic E-state index is 5.73. The summed E-state index contributed by atoms with van der Waals surface area (Å²) in [4.78, 5) is 4.15. The Bertz CT molecular complexity index is 219. The van der Waals surface area contributed by atoms with Crippen LogP contribution in [0.25, 0.3) is 0 Å². The predicted octanol–water partition coefficient (Wildman–Crippen LogP) is 2.13. The van der Waals surface area contributed by atoms with Gasteiger partial charge in [0.25, 0.3) is 0 Å². The molecule has 3 N–H and O–H groups in total. The van der Waals surface area contributed by atoms with Gasteiger partial charge in [-0.25, -0.2) is 4.99 Å². The molecule has 0 bridgehead atoms. The van der Waals surface area contributed by atoms with E-state index >= 15 is 0 Å². The molecule has 0 saturated heterocycles. The third-order valence-corrected chi connectivity index (χ3v) is 2.63. The molecule has 80 valence electrons. The van der Waals surface area contributed by atoms with Gasteiger partial charge >= 0.3 is 0 Å². The van der Waals surface area contributed by atoms with E-state index in [0.717, 1.165) is 4.48 Å². The molecule has 0 aromatic heterocycles. The molecule has 0 spiro atoms. The molecule has 1 fully saturated rings. The normalized spacial score (nSPS) is 19.4. The van der Waals surface area contributed by atoms with Crippen LogP contribution < -0.4 is 11.1 Å². The number of rotatable bonds is 3. The smallest absolute Gasteiger partial charge is 0.189 e. The Morgan fingerprint density at radius 3 is 2.64 bits per heavy atom. The van der Waals surface area contributed by atoms with Crippen LogP contribution in [0.4, 0.5) is 0 Å². The molecule has 1 rings (SSSR count). The largest absolute Gasteiger partial charge is 0.370 e. The molecular weight excluding hydrogens is 242 g/mol. The van der Waals surface area contributed by atoms with Gasteiger partial charge in [-0.05, 0) is 12.8 Å². The summed E-state index contributed by atoms with van der Waals surface area (Å²) in [6.07, 6.45) is 6.39. The zero-order chi connectivity index (χ0) is 10.4. The first-order valence-corrected chi connectivity index (χ1v) is 5.87. The Labute approximate surface area is 94.0 Å².